The minimum Gasteiger partial charge on any atom is -0.747 e. The van der Waals surface area contributed by atoms with E-state index >= 15 is 0 Å². The number of carboxylic acids is 1. The van der Waals surface area contributed by atoms with E-state index in [1.165, 1.54) is 13.8 Å². The van der Waals surface area contributed by atoms with Crippen LogP contribution in [0.5, 0.6) is 0 Å². The van der Waals surface area contributed by atoms with Gasteiger partial charge in [-0.25, -0.2) is 17.4 Å². The molecule has 0 aromatic rings. The first-order valence-corrected chi connectivity index (χ1v) is 11.8. The predicted molar refractivity (Wildman–Crippen MR) is 94.4 cm³/mol. The quantitative estimate of drug-likeness (QED) is 0.238. The molecule has 0 radical (unpaired) electrons. The summed E-state index contributed by atoms with van der Waals surface area (Å²) < 4.78 is 88.6. The molecular formula is C12H24NO13S3-. The maximum atomic E-state index is 11.0. The third-order valence-corrected chi connectivity index (χ3v) is 5.81. The van der Waals surface area contributed by atoms with E-state index < -0.39 is 53.1 Å². The molecule has 4 N–H and O–H groups in total. The summed E-state index contributed by atoms with van der Waals surface area (Å²) in [6.07, 6.45) is 1.19. The smallest absolute Gasteiger partial charge is 0.451 e. The summed E-state index contributed by atoms with van der Waals surface area (Å²) in [5.41, 5.74) is 3.49. The molecule has 0 aromatic heterocycles. The molecule has 2 atom stereocenters. The first-order chi connectivity index (χ1) is 12.9. The van der Waals surface area contributed by atoms with Crippen molar-refractivity contribution in [3.63, 3.8) is 0 Å². The third-order valence-electron chi connectivity index (χ3n) is 2.57. The Bertz CT molecular complexity index is 830. The van der Waals surface area contributed by atoms with Gasteiger partial charge < -0.3 is 24.4 Å². The second kappa shape index (κ2) is 14.4. The summed E-state index contributed by atoms with van der Waals surface area (Å²) in [5.74, 6) is -3.45. The number of carbonyl (C=O) groups is 2. The number of aliphatic carboxylic acids is 1. The molecule has 0 aliphatic carbocycles. The largest absolute Gasteiger partial charge is 0.747 e. The number of carboxylic acid groups (broad SMARTS) is 1. The molecule has 0 spiro atoms. The molecule has 0 saturated heterocycles. The maximum absolute atomic E-state index is 11.0. The predicted octanol–water partition coefficient (Wildman–Crippen LogP) is -3.44. The fraction of sp³-hybridized carbons (Fsp3) is 0.667. The molecule has 0 bridgehead atoms. The van der Waals surface area contributed by atoms with Crippen LogP contribution in [0.4, 0.5) is 0 Å². The molecule has 0 rings (SSSR count). The highest BCUT2D eigenvalue weighted by Gasteiger charge is 2.34. The van der Waals surface area contributed by atoms with Gasteiger partial charge in [-0.3, -0.25) is 4.55 Å². The normalized spacial score (nSPS) is 13.4. The Kier molecular flexibility index (Phi) is 15.9. The first kappa shape index (κ1) is 32.0. The van der Waals surface area contributed by atoms with Crippen molar-refractivity contribution in [3.05, 3.63) is 12.7 Å². The molecule has 0 aliphatic rings. The van der Waals surface area contributed by atoms with Crippen molar-refractivity contribution < 1.29 is 63.2 Å². The lowest BCUT2D eigenvalue weighted by molar-refractivity contribution is -0.352. The molecule has 174 valence electrons. The number of rotatable bonds is 9. The van der Waals surface area contributed by atoms with Gasteiger partial charge in [0.25, 0.3) is 10.1 Å². The number of hydrogen-bond donors (Lipinski definition) is 2. The average Bonchev–Trinajstić information content (AvgIpc) is 2.53. The zero-order valence-corrected chi connectivity index (χ0v) is 18.3. The van der Waals surface area contributed by atoms with Crippen molar-refractivity contribution in [1.29, 1.82) is 0 Å². The average molecular weight is 487 g/mol. The van der Waals surface area contributed by atoms with Crippen LogP contribution in [0.15, 0.2) is 12.7 Å². The van der Waals surface area contributed by atoms with Crippen molar-refractivity contribution in [2.24, 2.45) is 0 Å². The lowest BCUT2D eigenvalue weighted by atomic mass is 10.3. The summed E-state index contributed by atoms with van der Waals surface area (Å²) in [4.78, 5) is 20.9. The minimum atomic E-state index is -4.73. The van der Waals surface area contributed by atoms with Crippen LogP contribution in [0, 0.1) is 0 Å². The fourth-order valence-corrected chi connectivity index (χ4v) is 2.98. The monoisotopic (exact) mass is 486 g/mol. The molecule has 0 aliphatic heterocycles. The van der Waals surface area contributed by atoms with Crippen LogP contribution < -0.4 is 10.8 Å². The van der Waals surface area contributed by atoms with E-state index in [1.807, 2.05) is 0 Å². The van der Waals surface area contributed by atoms with Gasteiger partial charge in [-0.2, -0.15) is 16.8 Å². The molecule has 0 amide bonds. The van der Waals surface area contributed by atoms with E-state index in [4.69, 9.17) is 4.55 Å². The van der Waals surface area contributed by atoms with Crippen molar-refractivity contribution in [2.75, 3.05) is 13.7 Å². The SMILES string of the molecule is C=CC[NH3+].CCC(C(=O)OS(=O)(=O)OC)S(=O)(=O)O.CCC(C(=O)[O-])S(=O)(=O)[O-]. The van der Waals surface area contributed by atoms with Gasteiger partial charge in [0.05, 0.1) is 24.9 Å². The van der Waals surface area contributed by atoms with Crippen LogP contribution in [0.25, 0.3) is 0 Å². The van der Waals surface area contributed by atoms with E-state index in [0.717, 1.165) is 13.7 Å². The van der Waals surface area contributed by atoms with Gasteiger partial charge in [0.2, 0.25) is 0 Å². The maximum Gasteiger partial charge on any atom is 0.451 e. The first-order valence-electron chi connectivity index (χ1n) is 7.50. The highest BCUT2D eigenvalue weighted by Crippen LogP contribution is 2.08. The summed E-state index contributed by atoms with van der Waals surface area (Å²) in [5, 5.41) is 6.04. The van der Waals surface area contributed by atoms with Gasteiger partial charge in [-0.1, -0.05) is 20.4 Å². The summed E-state index contributed by atoms with van der Waals surface area (Å²) in [6.45, 7) is 6.80. The van der Waals surface area contributed by atoms with E-state index in [2.05, 4.69) is 20.7 Å². The second-order valence-corrected chi connectivity index (χ2v) is 9.15. The van der Waals surface area contributed by atoms with Crippen molar-refractivity contribution in [2.45, 2.75) is 37.2 Å². The van der Waals surface area contributed by atoms with Crippen molar-refractivity contribution in [3.8, 4) is 0 Å². The Morgan fingerprint density at radius 2 is 1.48 bits per heavy atom. The van der Waals surface area contributed by atoms with E-state index in [-0.39, 0.29) is 12.8 Å². The summed E-state index contributed by atoms with van der Waals surface area (Å²) >= 11 is 0. The Morgan fingerprint density at radius 3 is 1.62 bits per heavy atom. The van der Waals surface area contributed by atoms with Crippen molar-refractivity contribution >= 4 is 42.6 Å². The fourth-order valence-electron chi connectivity index (χ4n) is 1.18. The highest BCUT2D eigenvalue weighted by molar-refractivity contribution is 7.87. The van der Waals surface area contributed by atoms with Gasteiger partial charge >= 0.3 is 16.4 Å². The van der Waals surface area contributed by atoms with Crippen molar-refractivity contribution in [1.82, 2.24) is 0 Å². The second-order valence-electron chi connectivity index (χ2n) is 4.68. The molecule has 0 aromatic carbocycles. The minimum absolute atomic E-state index is 0.256. The molecule has 0 heterocycles. The van der Waals surface area contributed by atoms with E-state index in [9.17, 15) is 44.5 Å². The summed E-state index contributed by atoms with van der Waals surface area (Å²) in [6, 6.07) is 0. The molecule has 2 unspecified atom stereocenters. The Balaban J connectivity index is -0.000000414. The van der Waals surface area contributed by atoms with Gasteiger partial charge in [0, 0.05) is 0 Å². The van der Waals surface area contributed by atoms with Crippen LogP contribution in [0.1, 0.15) is 26.7 Å². The zero-order valence-electron chi connectivity index (χ0n) is 15.8. The van der Waals surface area contributed by atoms with Crippen LogP contribution in [-0.2, 0) is 48.6 Å². The molecule has 14 nitrogen and oxygen atoms in total. The van der Waals surface area contributed by atoms with Crippen LogP contribution in [0.3, 0.4) is 0 Å². The molecule has 29 heavy (non-hydrogen) atoms. The third kappa shape index (κ3) is 15.9. The number of quaternary nitrogens is 1. The molecule has 0 fully saturated rings. The Labute approximate surface area is 169 Å². The summed E-state index contributed by atoms with van der Waals surface area (Å²) in [7, 11) is -13.2. The van der Waals surface area contributed by atoms with Crippen LogP contribution in [0.2, 0.25) is 0 Å². The Morgan fingerprint density at radius 1 is 1.10 bits per heavy atom. The van der Waals surface area contributed by atoms with Crippen LogP contribution >= 0.6 is 0 Å². The number of hydrogen-bond acceptors (Lipinski definition) is 12. The molecular weight excluding hydrogens is 462 g/mol. The topological polar surface area (TPSA) is 249 Å². The molecule has 17 heteroatoms. The molecule has 0 saturated carbocycles. The highest BCUT2D eigenvalue weighted by atomic mass is 32.3. The van der Waals surface area contributed by atoms with Gasteiger partial charge in [-0.05, 0) is 18.9 Å². The Hall–Kier alpha value is -1.63. The zero-order chi connectivity index (χ0) is 24.1. The lowest BCUT2D eigenvalue weighted by Crippen LogP contribution is -2.48. The van der Waals surface area contributed by atoms with Gasteiger partial charge in [-0.15, -0.1) is 0 Å². The van der Waals surface area contributed by atoms with Gasteiger partial charge in [0.15, 0.2) is 5.25 Å². The van der Waals surface area contributed by atoms with E-state index in [0.29, 0.717) is 0 Å². The lowest BCUT2D eigenvalue weighted by Gasteiger charge is -2.18. The van der Waals surface area contributed by atoms with E-state index in [1.54, 1.807) is 6.08 Å². The number of carbonyl (C=O) groups excluding carboxylic acids is 2. The van der Waals surface area contributed by atoms with Crippen LogP contribution in [-0.4, -0.2) is 70.5 Å². The standard InChI is InChI=1S/C5H10O8S2.C4H8O5S.C3H7N/c1-3-4(14(7,8)9)5(6)13-15(10,11)12-2;1-2-3(4(5)6)10(7,8)9;1-2-3-4/h4H,3H2,1-2H3,(H,7,8,9);3H,2H2,1H3,(H,5,6)(H,7,8,9);2H,1,3-4H2/p-1. The van der Waals surface area contributed by atoms with Gasteiger partial charge in [0.1, 0.15) is 10.1 Å².